The maximum atomic E-state index is 6.39. The molecule has 2 aromatic rings. The summed E-state index contributed by atoms with van der Waals surface area (Å²) in [4.78, 5) is 13.9. The van der Waals surface area contributed by atoms with Crippen molar-refractivity contribution in [3.8, 4) is 5.75 Å². The van der Waals surface area contributed by atoms with Crippen molar-refractivity contribution in [2.24, 2.45) is 11.8 Å². The SMILES string of the molecule is C[C@@H]1CC[C@H](COc2cccc(N3CC(C4CC(CN5CCC5)C4)c4ncnc(N)c43)c2)O1. The molecule has 176 valence electrons. The van der Waals surface area contributed by atoms with Gasteiger partial charge in [-0.05, 0) is 76.1 Å². The van der Waals surface area contributed by atoms with Crippen molar-refractivity contribution in [2.45, 2.75) is 57.2 Å². The van der Waals surface area contributed by atoms with Crippen LogP contribution in [-0.2, 0) is 4.74 Å². The Hall–Kier alpha value is -2.38. The minimum absolute atomic E-state index is 0.187. The molecule has 7 nitrogen and oxygen atoms in total. The number of nitrogen functional groups attached to an aromatic ring is 1. The highest BCUT2D eigenvalue weighted by atomic mass is 16.5. The Morgan fingerprint density at radius 1 is 1.18 bits per heavy atom. The third-order valence-electron chi connectivity index (χ3n) is 8.07. The molecular weight excluding hydrogens is 414 g/mol. The van der Waals surface area contributed by atoms with Crippen molar-refractivity contribution in [1.82, 2.24) is 14.9 Å². The molecule has 1 unspecified atom stereocenters. The number of rotatable bonds is 7. The molecule has 3 fully saturated rings. The van der Waals surface area contributed by atoms with E-state index in [1.807, 2.05) is 6.07 Å². The van der Waals surface area contributed by atoms with Gasteiger partial charge < -0.3 is 25.0 Å². The van der Waals surface area contributed by atoms with Crippen LogP contribution in [0.1, 0.15) is 50.6 Å². The van der Waals surface area contributed by atoms with Gasteiger partial charge in [-0.15, -0.1) is 0 Å². The normalized spacial score (nSPS) is 31.2. The number of anilines is 3. The van der Waals surface area contributed by atoms with E-state index in [-0.39, 0.29) is 6.10 Å². The number of benzene rings is 1. The molecule has 3 atom stereocenters. The highest BCUT2D eigenvalue weighted by Gasteiger charge is 2.43. The maximum Gasteiger partial charge on any atom is 0.151 e. The molecule has 1 aromatic carbocycles. The highest BCUT2D eigenvalue weighted by molar-refractivity contribution is 5.78. The lowest BCUT2D eigenvalue weighted by molar-refractivity contribution is 0.0265. The molecule has 0 radical (unpaired) electrons. The molecule has 3 aliphatic heterocycles. The second-order valence-electron chi connectivity index (χ2n) is 10.4. The van der Waals surface area contributed by atoms with Crippen LogP contribution in [0, 0.1) is 11.8 Å². The fourth-order valence-electron chi connectivity index (χ4n) is 6.07. The molecular formula is C26H35N5O2. The summed E-state index contributed by atoms with van der Waals surface area (Å²) in [6, 6.07) is 8.33. The minimum Gasteiger partial charge on any atom is -0.491 e. The van der Waals surface area contributed by atoms with Crippen LogP contribution in [0.2, 0.25) is 0 Å². The molecule has 2 saturated heterocycles. The number of nitrogens with two attached hydrogens (primary N) is 1. The maximum absolute atomic E-state index is 6.39. The Bertz CT molecular complexity index is 990. The summed E-state index contributed by atoms with van der Waals surface area (Å²) in [5.74, 6) is 3.36. The van der Waals surface area contributed by atoms with E-state index in [2.05, 4.69) is 39.9 Å². The van der Waals surface area contributed by atoms with Gasteiger partial charge in [-0.3, -0.25) is 0 Å². The Morgan fingerprint density at radius 2 is 2.06 bits per heavy atom. The summed E-state index contributed by atoms with van der Waals surface area (Å²) in [5, 5.41) is 0. The Kier molecular flexibility index (Phi) is 5.62. The van der Waals surface area contributed by atoms with Crippen molar-refractivity contribution in [3.05, 3.63) is 36.3 Å². The first-order chi connectivity index (χ1) is 16.1. The number of likely N-dealkylation sites (tertiary alicyclic amines) is 1. The third kappa shape index (κ3) is 4.17. The highest BCUT2D eigenvalue weighted by Crippen LogP contribution is 2.52. The first-order valence-corrected chi connectivity index (χ1v) is 12.6. The number of hydrogen-bond donors (Lipinski definition) is 1. The zero-order chi connectivity index (χ0) is 22.4. The van der Waals surface area contributed by atoms with E-state index in [0.717, 1.165) is 48.1 Å². The molecule has 1 aliphatic carbocycles. The van der Waals surface area contributed by atoms with E-state index in [1.165, 1.54) is 38.9 Å². The summed E-state index contributed by atoms with van der Waals surface area (Å²) in [5.41, 5.74) is 9.58. The molecule has 0 spiro atoms. The number of ether oxygens (including phenoxy) is 2. The Morgan fingerprint density at radius 3 is 2.82 bits per heavy atom. The van der Waals surface area contributed by atoms with Gasteiger partial charge in [-0.1, -0.05) is 6.07 Å². The smallest absolute Gasteiger partial charge is 0.151 e. The molecule has 0 amide bonds. The summed E-state index contributed by atoms with van der Waals surface area (Å²) in [7, 11) is 0. The fourth-order valence-corrected chi connectivity index (χ4v) is 6.07. The summed E-state index contributed by atoms with van der Waals surface area (Å²) < 4.78 is 12.0. The second-order valence-corrected chi connectivity index (χ2v) is 10.4. The predicted molar refractivity (Wildman–Crippen MR) is 129 cm³/mol. The van der Waals surface area contributed by atoms with Gasteiger partial charge in [-0.25, -0.2) is 9.97 Å². The molecule has 33 heavy (non-hydrogen) atoms. The van der Waals surface area contributed by atoms with Gasteiger partial charge in [0.2, 0.25) is 0 Å². The lowest BCUT2D eigenvalue weighted by Crippen LogP contribution is -2.44. The second kappa shape index (κ2) is 8.76. The van der Waals surface area contributed by atoms with Gasteiger partial charge in [0.05, 0.1) is 17.9 Å². The van der Waals surface area contributed by atoms with E-state index in [4.69, 9.17) is 20.2 Å². The van der Waals surface area contributed by atoms with Crippen molar-refractivity contribution in [1.29, 1.82) is 0 Å². The Balaban J connectivity index is 1.16. The van der Waals surface area contributed by atoms with Gasteiger partial charge in [0.15, 0.2) is 5.82 Å². The number of hydrogen-bond acceptors (Lipinski definition) is 7. The van der Waals surface area contributed by atoms with Gasteiger partial charge >= 0.3 is 0 Å². The van der Waals surface area contributed by atoms with E-state index in [1.54, 1.807) is 6.33 Å². The van der Waals surface area contributed by atoms with Crippen molar-refractivity contribution >= 4 is 17.2 Å². The minimum atomic E-state index is 0.187. The van der Waals surface area contributed by atoms with Crippen LogP contribution < -0.4 is 15.4 Å². The molecule has 1 saturated carbocycles. The third-order valence-corrected chi connectivity index (χ3v) is 8.07. The zero-order valence-corrected chi connectivity index (χ0v) is 19.5. The van der Waals surface area contributed by atoms with E-state index >= 15 is 0 Å². The van der Waals surface area contributed by atoms with Gasteiger partial charge in [0.1, 0.15) is 24.4 Å². The van der Waals surface area contributed by atoms with Crippen LogP contribution in [0.4, 0.5) is 17.2 Å². The first-order valence-electron chi connectivity index (χ1n) is 12.6. The van der Waals surface area contributed by atoms with Gasteiger partial charge in [-0.2, -0.15) is 0 Å². The van der Waals surface area contributed by atoms with Crippen LogP contribution in [0.15, 0.2) is 30.6 Å². The largest absolute Gasteiger partial charge is 0.491 e. The standard InChI is InChI=1S/C26H35N5O2/c1-17-6-7-22(33-17)15-32-21-5-2-4-20(12-21)31-14-23(24-25(31)26(27)29-16-28-24)19-10-18(11-19)13-30-8-3-9-30/h2,4-5,12,16-19,22-23H,3,6-11,13-15H2,1H3,(H2,27,28,29)/t17-,18?,19?,22-,23?/m1/s1. The number of fused-ring (bicyclic) bond motifs is 1. The molecule has 1 aromatic heterocycles. The topological polar surface area (TPSA) is 76.7 Å². The average Bonchev–Trinajstić information content (AvgIpc) is 3.35. The van der Waals surface area contributed by atoms with Crippen LogP contribution in [0.25, 0.3) is 0 Å². The quantitative estimate of drug-likeness (QED) is 0.685. The summed E-state index contributed by atoms with van der Waals surface area (Å²) in [6.07, 6.45) is 8.28. The first kappa shape index (κ1) is 21.2. The molecule has 7 heteroatoms. The van der Waals surface area contributed by atoms with Crippen molar-refractivity contribution in [2.75, 3.05) is 43.4 Å². The molecule has 4 heterocycles. The molecule has 2 N–H and O–H groups in total. The van der Waals surface area contributed by atoms with Crippen LogP contribution in [0.5, 0.6) is 5.75 Å². The predicted octanol–water partition coefficient (Wildman–Crippen LogP) is 3.97. The Labute approximate surface area is 196 Å². The van der Waals surface area contributed by atoms with Crippen molar-refractivity contribution in [3.63, 3.8) is 0 Å². The van der Waals surface area contributed by atoms with E-state index in [9.17, 15) is 0 Å². The zero-order valence-electron chi connectivity index (χ0n) is 19.5. The number of aromatic nitrogens is 2. The molecule has 0 bridgehead atoms. The van der Waals surface area contributed by atoms with Crippen molar-refractivity contribution < 1.29 is 9.47 Å². The fraction of sp³-hybridized carbons (Fsp3) is 0.615. The lowest BCUT2D eigenvalue weighted by Gasteiger charge is -2.43. The van der Waals surface area contributed by atoms with Crippen LogP contribution in [-0.4, -0.2) is 59.9 Å². The monoisotopic (exact) mass is 449 g/mol. The molecule has 6 rings (SSSR count). The number of nitrogens with zero attached hydrogens (tertiary/aromatic N) is 4. The molecule has 4 aliphatic rings. The van der Waals surface area contributed by atoms with Gasteiger partial charge in [0.25, 0.3) is 0 Å². The van der Waals surface area contributed by atoms with Crippen LogP contribution >= 0.6 is 0 Å². The lowest BCUT2D eigenvalue weighted by atomic mass is 9.67. The van der Waals surface area contributed by atoms with Gasteiger partial charge in [0, 0.05) is 30.8 Å². The van der Waals surface area contributed by atoms with Crippen LogP contribution in [0.3, 0.4) is 0 Å². The summed E-state index contributed by atoms with van der Waals surface area (Å²) in [6.45, 7) is 7.48. The summed E-state index contributed by atoms with van der Waals surface area (Å²) >= 11 is 0. The average molecular weight is 450 g/mol. The van der Waals surface area contributed by atoms with E-state index in [0.29, 0.717) is 30.4 Å². The van der Waals surface area contributed by atoms with E-state index < -0.39 is 0 Å².